The van der Waals surface area contributed by atoms with E-state index in [0.717, 1.165) is 31.3 Å². The molecule has 0 amide bonds. The summed E-state index contributed by atoms with van der Waals surface area (Å²) in [5.74, 6) is -0.921. The lowest BCUT2D eigenvalue weighted by atomic mass is 9.32. The van der Waals surface area contributed by atoms with Gasteiger partial charge >= 0.3 is 11.9 Å². The van der Waals surface area contributed by atoms with E-state index in [-0.39, 0.29) is 53.0 Å². The summed E-state index contributed by atoms with van der Waals surface area (Å²) in [5, 5.41) is 11.2. The number of likely N-dealkylation sites (N-methyl/N-ethyl adjacent to an activating group) is 1. The van der Waals surface area contributed by atoms with Crippen LogP contribution < -0.4 is 0 Å². The van der Waals surface area contributed by atoms with Gasteiger partial charge in [0.2, 0.25) is 0 Å². The van der Waals surface area contributed by atoms with Gasteiger partial charge in [-0.2, -0.15) is 0 Å². The summed E-state index contributed by atoms with van der Waals surface area (Å²) in [6.07, 6.45) is 4.94. The van der Waals surface area contributed by atoms with Crippen LogP contribution in [0.2, 0.25) is 0 Å². The summed E-state index contributed by atoms with van der Waals surface area (Å²) >= 11 is 0. The van der Waals surface area contributed by atoms with Crippen molar-refractivity contribution in [2.24, 2.45) is 62.6 Å². The molecule has 2 bridgehead atoms. The molecule has 1 heterocycles. The van der Waals surface area contributed by atoms with E-state index in [4.69, 9.17) is 14.2 Å². The molecule has 0 aromatic heterocycles. The van der Waals surface area contributed by atoms with Crippen molar-refractivity contribution in [3.63, 3.8) is 0 Å². The van der Waals surface area contributed by atoms with Gasteiger partial charge in [-0.05, 0) is 100 Å². The van der Waals surface area contributed by atoms with E-state index in [2.05, 4.69) is 81.3 Å². The minimum Gasteiger partial charge on any atom is -0.481 e. The third-order valence-electron chi connectivity index (χ3n) is 16.1. The zero-order valence-electron chi connectivity index (χ0n) is 32.2. The lowest BCUT2D eigenvalue weighted by Gasteiger charge is -2.71. The number of ketones is 1. The number of carbonyl (C=O) groups excluding carboxylic acids is 2. The number of esters is 1. The quantitative estimate of drug-likeness (QED) is 0.260. The molecule has 12 atom stereocenters. The third-order valence-corrected chi connectivity index (χ3v) is 16.1. The molecule has 48 heavy (non-hydrogen) atoms. The van der Waals surface area contributed by atoms with Crippen molar-refractivity contribution in [2.75, 3.05) is 33.9 Å². The molecule has 5 rings (SSSR count). The van der Waals surface area contributed by atoms with Crippen LogP contribution >= 0.6 is 0 Å². The van der Waals surface area contributed by atoms with Crippen LogP contribution in [0.1, 0.15) is 108 Å². The highest BCUT2D eigenvalue weighted by Gasteiger charge is 2.77. The molecule has 8 heteroatoms. The predicted octanol–water partition coefficient (Wildman–Crippen LogP) is 7.05. The van der Waals surface area contributed by atoms with Crippen LogP contribution in [0.15, 0.2) is 11.6 Å². The van der Waals surface area contributed by atoms with Gasteiger partial charge in [-0.1, -0.05) is 67.9 Å². The van der Waals surface area contributed by atoms with E-state index in [0.29, 0.717) is 32.2 Å². The van der Waals surface area contributed by atoms with Gasteiger partial charge in [0, 0.05) is 23.3 Å². The maximum absolute atomic E-state index is 15.1. The van der Waals surface area contributed by atoms with Gasteiger partial charge in [-0.25, -0.2) is 0 Å². The fraction of sp³-hybridized carbons (Fsp3) is 0.875. The standard InChI is InChI=1S/C40H65NO7/c1-23(2)26(6)40(34(44)45)25(5)16-17-36(9)28-14-15-31-35(8)20-46-22-39(31,29(28)18-32(43)38(36,40)11)19-30(48-27(7)42)33(35)47-21-37(10,24(3)4)41(12)13/h18,23-26,28,30-31,33H,14-17,19-22H2,1-13H3,(H,44,45)/t25?,26-,28+,30-,31+,33+,35-,36-,37-,38-,39+,40-/m1/s1. The van der Waals surface area contributed by atoms with Gasteiger partial charge in [0.25, 0.3) is 0 Å². The Morgan fingerprint density at radius 1 is 1.08 bits per heavy atom. The summed E-state index contributed by atoms with van der Waals surface area (Å²) in [7, 11) is 4.17. The van der Waals surface area contributed by atoms with Crippen molar-refractivity contribution in [3.8, 4) is 0 Å². The van der Waals surface area contributed by atoms with Crippen LogP contribution in [-0.4, -0.2) is 79.4 Å². The topological polar surface area (TPSA) is 102 Å². The second-order valence-electron chi connectivity index (χ2n) is 18.5. The number of nitrogens with zero attached hydrogens (tertiary/aromatic N) is 1. The highest BCUT2D eigenvalue weighted by molar-refractivity contribution is 6.02. The molecule has 0 radical (unpaired) electrons. The molecule has 1 N–H and O–H groups in total. The Hall–Kier alpha value is -1.77. The first-order valence-electron chi connectivity index (χ1n) is 18.7. The predicted molar refractivity (Wildman–Crippen MR) is 186 cm³/mol. The van der Waals surface area contributed by atoms with Crippen molar-refractivity contribution >= 4 is 17.7 Å². The molecule has 1 aliphatic heterocycles. The van der Waals surface area contributed by atoms with Crippen molar-refractivity contribution in [1.82, 2.24) is 4.90 Å². The Labute approximate surface area is 290 Å². The fourth-order valence-corrected chi connectivity index (χ4v) is 12.4. The average Bonchev–Trinajstić information content (AvgIpc) is 2.97. The number of allylic oxidation sites excluding steroid dienone is 1. The van der Waals surface area contributed by atoms with E-state index in [1.54, 1.807) is 0 Å². The van der Waals surface area contributed by atoms with Gasteiger partial charge in [-0.3, -0.25) is 14.4 Å². The molecule has 8 nitrogen and oxygen atoms in total. The number of hydrogen-bond donors (Lipinski definition) is 1. The van der Waals surface area contributed by atoms with Crippen LogP contribution in [0, 0.1) is 62.6 Å². The Bertz CT molecular complexity index is 1330. The monoisotopic (exact) mass is 671 g/mol. The largest absolute Gasteiger partial charge is 0.481 e. The molecule has 1 unspecified atom stereocenters. The summed E-state index contributed by atoms with van der Waals surface area (Å²) in [5.41, 5.74) is -2.89. The first kappa shape index (κ1) is 37.5. The Morgan fingerprint density at radius 3 is 2.27 bits per heavy atom. The molecule has 0 aromatic carbocycles. The third kappa shape index (κ3) is 4.73. The average molecular weight is 672 g/mol. The highest BCUT2D eigenvalue weighted by Crippen LogP contribution is 2.75. The van der Waals surface area contributed by atoms with E-state index < -0.39 is 39.1 Å². The van der Waals surface area contributed by atoms with Gasteiger partial charge in [-0.15, -0.1) is 0 Å². The second-order valence-corrected chi connectivity index (χ2v) is 18.5. The molecule has 272 valence electrons. The minimum atomic E-state index is -1.19. The zero-order chi connectivity index (χ0) is 36.0. The zero-order valence-corrected chi connectivity index (χ0v) is 32.2. The number of aliphatic carboxylic acids is 1. The van der Waals surface area contributed by atoms with E-state index in [9.17, 15) is 14.7 Å². The molecule has 0 spiro atoms. The Kier molecular flexibility index (Phi) is 9.51. The van der Waals surface area contributed by atoms with Crippen molar-refractivity contribution in [3.05, 3.63) is 11.6 Å². The summed E-state index contributed by atoms with van der Waals surface area (Å²) in [6.45, 7) is 24.3. The fourth-order valence-electron chi connectivity index (χ4n) is 12.4. The van der Waals surface area contributed by atoms with E-state index in [1.807, 2.05) is 13.0 Å². The number of carboxylic acids is 1. The van der Waals surface area contributed by atoms with Crippen molar-refractivity contribution in [1.29, 1.82) is 0 Å². The Morgan fingerprint density at radius 2 is 1.73 bits per heavy atom. The lowest BCUT2D eigenvalue weighted by Crippen LogP contribution is -2.73. The molecular formula is C40H65NO7. The number of rotatable bonds is 9. The molecule has 3 saturated carbocycles. The molecule has 4 fully saturated rings. The SMILES string of the molecule is CC(=O)O[C@@H]1C[C@@]23COC[C@](C)([C@@H]2CC[C@H]2C3=CC(=O)[C@]3(C)[C@]2(C)CCC(C)[C@]3(C(=O)O)[C@H](C)C(C)C)[C@H]1OC[C@](C)(C(C)C)N(C)C. The number of carboxylic acid groups (broad SMARTS) is 1. The molecule has 0 aromatic rings. The number of carbonyl (C=O) groups is 3. The normalized spacial score (nSPS) is 44.3. The smallest absolute Gasteiger partial charge is 0.311 e. The van der Waals surface area contributed by atoms with Gasteiger partial charge < -0.3 is 24.2 Å². The van der Waals surface area contributed by atoms with E-state index in [1.165, 1.54) is 6.92 Å². The summed E-state index contributed by atoms with van der Waals surface area (Å²) in [6, 6.07) is 0. The van der Waals surface area contributed by atoms with Crippen LogP contribution in [0.5, 0.6) is 0 Å². The molecular weight excluding hydrogens is 606 g/mol. The first-order chi connectivity index (χ1) is 22.1. The highest BCUT2D eigenvalue weighted by atomic mass is 16.6. The Balaban J connectivity index is 1.65. The number of ether oxygens (including phenoxy) is 3. The van der Waals surface area contributed by atoms with Gasteiger partial charge in [0.1, 0.15) is 12.2 Å². The van der Waals surface area contributed by atoms with Gasteiger partial charge in [0.15, 0.2) is 5.78 Å². The maximum Gasteiger partial charge on any atom is 0.311 e. The number of hydrogen-bond acceptors (Lipinski definition) is 7. The lowest BCUT2D eigenvalue weighted by molar-refractivity contribution is -0.271. The van der Waals surface area contributed by atoms with Crippen LogP contribution in [0.4, 0.5) is 0 Å². The van der Waals surface area contributed by atoms with Crippen molar-refractivity contribution < 1.29 is 33.7 Å². The van der Waals surface area contributed by atoms with Crippen molar-refractivity contribution in [2.45, 2.75) is 126 Å². The first-order valence-corrected chi connectivity index (χ1v) is 18.7. The molecule has 1 saturated heterocycles. The number of fused-ring (bicyclic) bond motifs is 3. The van der Waals surface area contributed by atoms with Crippen LogP contribution in [0.3, 0.4) is 0 Å². The van der Waals surface area contributed by atoms with Gasteiger partial charge in [0.05, 0.1) is 30.7 Å². The van der Waals surface area contributed by atoms with E-state index >= 15 is 4.79 Å². The maximum atomic E-state index is 15.1. The summed E-state index contributed by atoms with van der Waals surface area (Å²) < 4.78 is 19.7. The minimum absolute atomic E-state index is 0.0291. The molecule has 4 aliphatic carbocycles. The summed E-state index contributed by atoms with van der Waals surface area (Å²) in [4.78, 5) is 43.7. The van der Waals surface area contributed by atoms with Crippen LogP contribution in [0.25, 0.3) is 0 Å². The second kappa shape index (κ2) is 12.2. The van der Waals surface area contributed by atoms with Crippen LogP contribution in [-0.2, 0) is 28.6 Å². The molecule has 5 aliphatic rings.